The van der Waals surface area contributed by atoms with Gasteiger partial charge in [0, 0.05) is 23.7 Å². The number of aliphatic hydroxyl groups excluding tert-OH is 1. The SMILES string of the molecule is CCOC(=O)/C=C/c1c(OCC)cccc1C(C)OCC(O)CNC(C)(C)CC1Cc2ccccc2C1. The lowest BCUT2D eigenvalue weighted by Gasteiger charge is -2.31. The Labute approximate surface area is 222 Å². The number of hydrogen-bond donors (Lipinski definition) is 2. The predicted molar refractivity (Wildman–Crippen MR) is 148 cm³/mol. The van der Waals surface area contributed by atoms with Crippen molar-refractivity contribution >= 4 is 12.0 Å². The van der Waals surface area contributed by atoms with Crippen LogP contribution in [0, 0.1) is 5.92 Å². The molecule has 0 spiro atoms. The average Bonchev–Trinajstić information content (AvgIpc) is 3.27. The molecule has 2 atom stereocenters. The van der Waals surface area contributed by atoms with Gasteiger partial charge in [0.25, 0.3) is 0 Å². The molecule has 1 aliphatic rings. The highest BCUT2D eigenvalue weighted by Crippen LogP contribution is 2.32. The molecular formula is C31H43NO5. The molecule has 0 aliphatic heterocycles. The first kappa shape index (κ1) is 28.9. The van der Waals surface area contributed by atoms with Crippen LogP contribution in [-0.2, 0) is 27.1 Å². The summed E-state index contributed by atoms with van der Waals surface area (Å²) in [6, 6.07) is 14.4. The van der Waals surface area contributed by atoms with Crippen LogP contribution in [0.1, 0.15) is 69.4 Å². The van der Waals surface area contributed by atoms with Crippen LogP contribution >= 0.6 is 0 Å². The van der Waals surface area contributed by atoms with Crippen molar-refractivity contribution in [3.63, 3.8) is 0 Å². The molecule has 2 aromatic carbocycles. The van der Waals surface area contributed by atoms with Crippen molar-refractivity contribution in [1.29, 1.82) is 0 Å². The van der Waals surface area contributed by atoms with Gasteiger partial charge in [0.05, 0.1) is 32.0 Å². The standard InChI is InChI=1S/C31H43NO5/c1-6-35-29-14-10-13-27(28(29)15-16-30(34)36-7-2)22(3)37-21-26(33)20-32-31(4,5)19-23-17-24-11-8-9-12-25(24)18-23/h8-16,22-23,26,32-33H,6-7,17-21H2,1-5H3/b16-15+. The van der Waals surface area contributed by atoms with Crippen LogP contribution in [0.3, 0.4) is 0 Å². The Kier molecular flexibility index (Phi) is 10.7. The lowest BCUT2D eigenvalue weighted by atomic mass is 9.88. The maximum absolute atomic E-state index is 11.9. The summed E-state index contributed by atoms with van der Waals surface area (Å²) in [5.41, 5.74) is 4.51. The number of carbonyl (C=O) groups excluding carboxylic acids is 1. The summed E-state index contributed by atoms with van der Waals surface area (Å²) in [5.74, 6) is 0.889. The molecule has 0 saturated carbocycles. The third kappa shape index (κ3) is 8.70. The van der Waals surface area contributed by atoms with Gasteiger partial charge in [-0.3, -0.25) is 0 Å². The topological polar surface area (TPSA) is 77.0 Å². The molecule has 0 saturated heterocycles. The van der Waals surface area contributed by atoms with Gasteiger partial charge < -0.3 is 24.6 Å². The van der Waals surface area contributed by atoms with Crippen molar-refractivity contribution in [3.8, 4) is 5.75 Å². The summed E-state index contributed by atoms with van der Waals surface area (Å²) in [6.45, 7) is 11.5. The zero-order chi connectivity index (χ0) is 26.8. The lowest BCUT2D eigenvalue weighted by molar-refractivity contribution is -0.137. The van der Waals surface area contributed by atoms with Crippen LogP contribution in [0.15, 0.2) is 48.5 Å². The first-order chi connectivity index (χ1) is 17.7. The second-order valence-corrected chi connectivity index (χ2v) is 10.4. The van der Waals surface area contributed by atoms with Crippen molar-refractivity contribution in [3.05, 3.63) is 70.8 Å². The molecule has 6 nitrogen and oxygen atoms in total. The molecule has 0 aromatic heterocycles. The molecule has 202 valence electrons. The molecule has 6 heteroatoms. The average molecular weight is 510 g/mol. The molecule has 37 heavy (non-hydrogen) atoms. The minimum Gasteiger partial charge on any atom is -0.493 e. The normalized spacial score (nSPS) is 15.5. The molecule has 0 amide bonds. The zero-order valence-corrected chi connectivity index (χ0v) is 23.0. The number of rotatable bonds is 14. The van der Waals surface area contributed by atoms with Crippen LogP contribution in [0.4, 0.5) is 0 Å². The monoisotopic (exact) mass is 509 g/mol. The predicted octanol–water partition coefficient (Wildman–Crippen LogP) is 5.27. The fourth-order valence-corrected chi connectivity index (χ4v) is 5.10. The number of carbonyl (C=O) groups is 1. The van der Waals surface area contributed by atoms with E-state index in [2.05, 4.69) is 43.4 Å². The Balaban J connectivity index is 1.53. The van der Waals surface area contributed by atoms with Crippen LogP contribution in [0.2, 0.25) is 0 Å². The molecule has 0 bridgehead atoms. The first-order valence-electron chi connectivity index (χ1n) is 13.4. The van der Waals surface area contributed by atoms with Crippen molar-refractivity contribution in [1.82, 2.24) is 5.32 Å². The highest BCUT2D eigenvalue weighted by atomic mass is 16.5. The number of β-amino-alcohol motifs (C(OH)–C–C–N with tert-alkyl or cyclic N) is 1. The minimum absolute atomic E-state index is 0.0871. The Morgan fingerprint density at radius 2 is 1.81 bits per heavy atom. The van der Waals surface area contributed by atoms with Gasteiger partial charge in [-0.05, 0) is 88.6 Å². The number of aliphatic hydroxyl groups is 1. The van der Waals surface area contributed by atoms with E-state index in [0.717, 1.165) is 30.4 Å². The van der Waals surface area contributed by atoms with Crippen molar-refractivity contribution < 1.29 is 24.1 Å². The molecule has 2 unspecified atom stereocenters. The van der Waals surface area contributed by atoms with E-state index in [4.69, 9.17) is 14.2 Å². The number of esters is 1. The van der Waals surface area contributed by atoms with Gasteiger partial charge in [-0.25, -0.2) is 4.79 Å². The Morgan fingerprint density at radius 1 is 1.11 bits per heavy atom. The summed E-state index contributed by atoms with van der Waals surface area (Å²) in [7, 11) is 0. The Hall–Kier alpha value is -2.67. The van der Waals surface area contributed by atoms with Crippen LogP contribution < -0.4 is 10.1 Å². The molecule has 2 N–H and O–H groups in total. The van der Waals surface area contributed by atoms with Crippen molar-refractivity contribution in [2.24, 2.45) is 5.92 Å². The number of benzene rings is 2. The summed E-state index contributed by atoms with van der Waals surface area (Å²) in [5, 5.41) is 14.2. The van der Waals surface area contributed by atoms with Gasteiger partial charge in [0.1, 0.15) is 5.75 Å². The third-order valence-electron chi connectivity index (χ3n) is 6.80. The van der Waals surface area contributed by atoms with E-state index in [9.17, 15) is 9.90 Å². The molecule has 1 aliphatic carbocycles. The minimum atomic E-state index is -0.643. The maximum atomic E-state index is 11.9. The molecule has 0 fully saturated rings. The number of fused-ring (bicyclic) bond motifs is 1. The lowest BCUT2D eigenvalue weighted by Crippen LogP contribution is -2.45. The van der Waals surface area contributed by atoms with Crippen LogP contribution in [0.25, 0.3) is 6.08 Å². The summed E-state index contributed by atoms with van der Waals surface area (Å²) in [4.78, 5) is 11.9. The molecule has 0 heterocycles. The fraction of sp³-hybridized carbons (Fsp3) is 0.516. The largest absolute Gasteiger partial charge is 0.493 e. The second kappa shape index (κ2) is 13.8. The Morgan fingerprint density at radius 3 is 2.46 bits per heavy atom. The van der Waals surface area contributed by atoms with E-state index in [1.807, 2.05) is 32.0 Å². The summed E-state index contributed by atoms with van der Waals surface area (Å²) in [6.07, 6.45) is 5.46. The maximum Gasteiger partial charge on any atom is 0.330 e. The van der Waals surface area contributed by atoms with Gasteiger partial charge in [0.15, 0.2) is 0 Å². The number of nitrogens with one attached hydrogen (secondary N) is 1. The van der Waals surface area contributed by atoms with E-state index in [1.165, 1.54) is 17.2 Å². The van der Waals surface area contributed by atoms with E-state index < -0.39 is 12.1 Å². The second-order valence-electron chi connectivity index (χ2n) is 10.4. The van der Waals surface area contributed by atoms with Crippen molar-refractivity contribution in [2.45, 2.75) is 71.6 Å². The Bertz CT molecular complexity index is 1020. The zero-order valence-electron chi connectivity index (χ0n) is 23.0. The van der Waals surface area contributed by atoms with Gasteiger partial charge in [0.2, 0.25) is 0 Å². The van der Waals surface area contributed by atoms with E-state index in [0.29, 0.717) is 31.4 Å². The van der Waals surface area contributed by atoms with Gasteiger partial charge in [-0.1, -0.05) is 36.4 Å². The van der Waals surface area contributed by atoms with E-state index >= 15 is 0 Å². The highest BCUT2D eigenvalue weighted by molar-refractivity contribution is 5.88. The molecule has 0 radical (unpaired) electrons. The van der Waals surface area contributed by atoms with Gasteiger partial charge >= 0.3 is 5.97 Å². The third-order valence-corrected chi connectivity index (χ3v) is 6.80. The molecule has 2 aromatic rings. The summed E-state index contributed by atoms with van der Waals surface area (Å²) < 4.78 is 16.9. The quantitative estimate of drug-likeness (QED) is 0.267. The highest BCUT2D eigenvalue weighted by Gasteiger charge is 2.28. The number of hydrogen-bond acceptors (Lipinski definition) is 6. The van der Waals surface area contributed by atoms with Gasteiger partial charge in [-0.2, -0.15) is 0 Å². The smallest absolute Gasteiger partial charge is 0.330 e. The van der Waals surface area contributed by atoms with E-state index in [1.54, 1.807) is 13.0 Å². The molecule has 3 rings (SSSR count). The fourth-order valence-electron chi connectivity index (χ4n) is 5.10. The van der Waals surface area contributed by atoms with Crippen molar-refractivity contribution in [2.75, 3.05) is 26.4 Å². The van der Waals surface area contributed by atoms with Crippen LogP contribution in [0.5, 0.6) is 5.75 Å². The van der Waals surface area contributed by atoms with Crippen LogP contribution in [-0.4, -0.2) is 49.1 Å². The first-order valence-corrected chi connectivity index (χ1v) is 13.4. The number of ether oxygens (including phenoxy) is 3. The molecular weight excluding hydrogens is 466 g/mol. The summed E-state index contributed by atoms with van der Waals surface area (Å²) >= 11 is 0. The van der Waals surface area contributed by atoms with E-state index in [-0.39, 0.29) is 18.2 Å². The van der Waals surface area contributed by atoms with Gasteiger partial charge in [-0.15, -0.1) is 0 Å².